The molecule has 1 atom stereocenters. The molecule has 1 unspecified atom stereocenters. The molecule has 1 aliphatic rings. The first-order chi connectivity index (χ1) is 6.11. The summed E-state index contributed by atoms with van der Waals surface area (Å²) in [5, 5.41) is 9.55. The van der Waals surface area contributed by atoms with Gasteiger partial charge in [-0.05, 0) is 13.0 Å². The van der Waals surface area contributed by atoms with E-state index in [9.17, 15) is 9.90 Å². The molecule has 3 heteroatoms. The number of rotatable bonds is 0. The van der Waals surface area contributed by atoms with Crippen molar-refractivity contribution >= 4 is 11.6 Å². The van der Waals surface area contributed by atoms with Crippen molar-refractivity contribution < 1.29 is 9.90 Å². The van der Waals surface area contributed by atoms with Gasteiger partial charge in [0.05, 0.1) is 0 Å². The molecule has 0 saturated heterocycles. The first kappa shape index (κ1) is 8.26. The molecule has 0 bridgehead atoms. The Morgan fingerprint density at radius 1 is 1.46 bits per heavy atom. The molecule has 0 aromatic heterocycles. The number of amides is 1. The van der Waals surface area contributed by atoms with Crippen molar-refractivity contribution in [3.05, 3.63) is 29.3 Å². The number of aryl methyl sites for hydroxylation is 1. The second-order valence-corrected chi connectivity index (χ2v) is 3.36. The van der Waals surface area contributed by atoms with Crippen LogP contribution in [0.1, 0.15) is 17.2 Å². The molecular formula is C10H11NO2. The largest absolute Gasteiger partial charge is 0.378 e. The fourth-order valence-electron chi connectivity index (χ4n) is 1.63. The van der Waals surface area contributed by atoms with E-state index in [2.05, 4.69) is 0 Å². The Labute approximate surface area is 76.6 Å². The Balaban J connectivity index is 2.60. The SMILES string of the molecule is Cc1ccc2c(c1)C(O)C(=O)N2C. The Morgan fingerprint density at radius 2 is 2.15 bits per heavy atom. The van der Waals surface area contributed by atoms with Crippen LogP contribution in [0.5, 0.6) is 0 Å². The summed E-state index contributed by atoms with van der Waals surface area (Å²) in [5.41, 5.74) is 2.58. The number of likely N-dealkylation sites (N-methyl/N-ethyl adjacent to an activating group) is 1. The van der Waals surface area contributed by atoms with Gasteiger partial charge in [0.2, 0.25) is 0 Å². The van der Waals surface area contributed by atoms with E-state index in [0.717, 1.165) is 11.3 Å². The van der Waals surface area contributed by atoms with Gasteiger partial charge >= 0.3 is 0 Å². The lowest BCUT2D eigenvalue weighted by atomic mass is 10.1. The molecule has 1 heterocycles. The smallest absolute Gasteiger partial charge is 0.260 e. The predicted octanol–water partition coefficient (Wildman–Crippen LogP) is 1.00. The van der Waals surface area contributed by atoms with E-state index in [0.29, 0.717) is 5.56 Å². The number of hydrogen-bond donors (Lipinski definition) is 1. The van der Waals surface area contributed by atoms with Gasteiger partial charge in [0.25, 0.3) is 5.91 Å². The molecule has 0 aliphatic carbocycles. The van der Waals surface area contributed by atoms with Gasteiger partial charge in [0.15, 0.2) is 6.10 Å². The van der Waals surface area contributed by atoms with Crippen LogP contribution in [0.25, 0.3) is 0 Å². The number of aliphatic hydroxyl groups is 1. The Hall–Kier alpha value is -1.35. The standard InChI is InChI=1S/C10H11NO2/c1-6-3-4-8-7(5-6)9(12)10(13)11(8)2/h3-5,9,12H,1-2H3. The zero-order chi connectivity index (χ0) is 9.59. The minimum atomic E-state index is -0.972. The van der Waals surface area contributed by atoms with E-state index < -0.39 is 6.10 Å². The number of fused-ring (bicyclic) bond motifs is 1. The van der Waals surface area contributed by atoms with Crippen molar-refractivity contribution in [2.75, 3.05) is 11.9 Å². The van der Waals surface area contributed by atoms with Crippen LogP contribution in [0.3, 0.4) is 0 Å². The molecule has 0 radical (unpaired) electrons. The highest BCUT2D eigenvalue weighted by Gasteiger charge is 2.33. The maximum absolute atomic E-state index is 11.3. The Bertz CT molecular complexity index is 373. The summed E-state index contributed by atoms with van der Waals surface area (Å²) in [6.45, 7) is 1.94. The third kappa shape index (κ3) is 1.04. The molecule has 1 N–H and O–H groups in total. The van der Waals surface area contributed by atoms with Crippen LogP contribution in [-0.2, 0) is 4.79 Å². The molecule has 0 saturated carbocycles. The van der Waals surface area contributed by atoms with Gasteiger partial charge in [0.1, 0.15) is 0 Å². The number of nitrogens with zero attached hydrogens (tertiary/aromatic N) is 1. The van der Waals surface area contributed by atoms with Crippen molar-refractivity contribution in [1.82, 2.24) is 0 Å². The number of benzene rings is 1. The predicted molar refractivity (Wildman–Crippen MR) is 49.5 cm³/mol. The molecule has 1 amide bonds. The van der Waals surface area contributed by atoms with Crippen LogP contribution >= 0.6 is 0 Å². The minimum Gasteiger partial charge on any atom is -0.378 e. The normalized spacial score (nSPS) is 20.7. The van der Waals surface area contributed by atoms with Crippen molar-refractivity contribution in [2.45, 2.75) is 13.0 Å². The average Bonchev–Trinajstić information content (AvgIpc) is 2.32. The van der Waals surface area contributed by atoms with Gasteiger partial charge in [-0.2, -0.15) is 0 Å². The van der Waals surface area contributed by atoms with E-state index in [1.807, 2.05) is 25.1 Å². The van der Waals surface area contributed by atoms with Crippen LogP contribution in [0, 0.1) is 6.92 Å². The maximum Gasteiger partial charge on any atom is 0.260 e. The van der Waals surface area contributed by atoms with Crippen LogP contribution in [0.4, 0.5) is 5.69 Å². The van der Waals surface area contributed by atoms with Crippen LogP contribution in [0.2, 0.25) is 0 Å². The third-order valence-corrected chi connectivity index (χ3v) is 2.40. The first-order valence-corrected chi connectivity index (χ1v) is 4.17. The lowest BCUT2D eigenvalue weighted by Crippen LogP contribution is -2.23. The van der Waals surface area contributed by atoms with Gasteiger partial charge in [-0.3, -0.25) is 4.79 Å². The van der Waals surface area contributed by atoms with E-state index >= 15 is 0 Å². The first-order valence-electron chi connectivity index (χ1n) is 4.17. The average molecular weight is 177 g/mol. The van der Waals surface area contributed by atoms with Gasteiger partial charge in [-0.25, -0.2) is 0 Å². The maximum atomic E-state index is 11.3. The zero-order valence-electron chi connectivity index (χ0n) is 7.61. The van der Waals surface area contributed by atoms with E-state index in [-0.39, 0.29) is 5.91 Å². The highest BCUT2D eigenvalue weighted by atomic mass is 16.3. The van der Waals surface area contributed by atoms with E-state index in [1.165, 1.54) is 4.90 Å². The molecule has 1 aromatic carbocycles. The van der Waals surface area contributed by atoms with Crippen LogP contribution in [-0.4, -0.2) is 18.1 Å². The van der Waals surface area contributed by atoms with Crippen molar-refractivity contribution in [1.29, 1.82) is 0 Å². The zero-order valence-corrected chi connectivity index (χ0v) is 7.61. The quantitative estimate of drug-likeness (QED) is 0.642. The summed E-state index contributed by atoms with van der Waals surface area (Å²) in [5.74, 6) is -0.249. The molecule has 3 nitrogen and oxygen atoms in total. The van der Waals surface area contributed by atoms with Gasteiger partial charge in [-0.15, -0.1) is 0 Å². The summed E-state index contributed by atoms with van der Waals surface area (Å²) in [6, 6.07) is 5.64. The second-order valence-electron chi connectivity index (χ2n) is 3.36. The Morgan fingerprint density at radius 3 is 2.85 bits per heavy atom. The van der Waals surface area contributed by atoms with Gasteiger partial charge in [0, 0.05) is 18.3 Å². The number of anilines is 1. The lowest BCUT2D eigenvalue weighted by molar-refractivity contribution is -0.125. The molecule has 0 spiro atoms. The fraction of sp³-hybridized carbons (Fsp3) is 0.300. The number of hydrogen-bond acceptors (Lipinski definition) is 2. The third-order valence-electron chi connectivity index (χ3n) is 2.40. The van der Waals surface area contributed by atoms with Crippen LogP contribution < -0.4 is 4.90 Å². The number of carbonyl (C=O) groups is 1. The van der Waals surface area contributed by atoms with E-state index in [1.54, 1.807) is 7.05 Å². The van der Waals surface area contributed by atoms with Crippen molar-refractivity contribution in [2.24, 2.45) is 0 Å². The van der Waals surface area contributed by atoms with Crippen molar-refractivity contribution in [3.8, 4) is 0 Å². The van der Waals surface area contributed by atoms with Crippen molar-refractivity contribution in [3.63, 3.8) is 0 Å². The highest BCUT2D eigenvalue weighted by molar-refractivity contribution is 6.03. The number of carbonyl (C=O) groups excluding carboxylic acids is 1. The summed E-state index contributed by atoms with van der Waals surface area (Å²) >= 11 is 0. The monoisotopic (exact) mass is 177 g/mol. The number of aliphatic hydroxyl groups excluding tert-OH is 1. The lowest BCUT2D eigenvalue weighted by Gasteiger charge is -2.08. The summed E-state index contributed by atoms with van der Waals surface area (Å²) in [6.07, 6.45) is -0.972. The van der Waals surface area contributed by atoms with Gasteiger partial charge in [-0.1, -0.05) is 17.7 Å². The molecule has 0 fully saturated rings. The molecule has 1 aliphatic heterocycles. The minimum absolute atomic E-state index is 0.249. The molecule has 1 aromatic rings. The summed E-state index contributed by atoms with van der Waals surface area (Å²) in [7, 11) is 1.67. The van der Waals surface area contributed by atoms with Crippen LogP contribution in [0.15, 0.2) is 18.2 Å². The van der Waals surface area contributed by atoms with Gasteiger partial charge < -0.3 is 10.0 Å². The second kappa shape index (κ2) is 2.57. The Kier molecular flexibility index (Phi) is 1.63. The summed E-state index contributed by atoms with van der Waals surface area (Å²) in [4.78, 5) is 12.8. The highest BCUT2D eigenvalue weighted by Crippen LogP contribution is 2.34. The summed E-state index contributed by atoms with van der Waals surface area (Å²) < 4.78 is 0. The molecule has 68 valence electrons. The van der Waals surface area contributed by atoms with E-state index in [4.69, 9.17) is 0 Å². The molecular weight excluding hydrogens is 166 g/mol. The fourth-order valence-corrected chi connectivity index (χ4v) is 1.63. The molecule has 2 rings (SSSR count). The topological polar surface area (TPSA) is 40.5 Å². The molecule has 13 heavy (non-hydrogen) atoms.